The first kappa shape index (κ1) is 16.6. The minimum absolute atomic E-state index is 0.0156. The summed E-state index contributed by atoms with van der Waals surface area (Å²) in [4.78, 5) is 8.36. The van der Waals surface area contributed by atoms with E-state index in [9.17, 15) is 13.9 Å². The van der Waals surface area contributed by atoms with Crippen LogP contribution in [0.4, 0.5) is 14.6 Å². The van der Waals surface area contributed by atoms with E-state index < -0.39 is 17.4 Å². The summed E-state index contributed by atoms with van der Waals surface area (Å²) in [6, 6.07) is 10.3. The Hall–Kier alpha value is -3.55. The smallest absolute Gasteiger partial charge is 0.200 e. The number of nitrogens with zero attached hydrogens (tertiary/aromatic N) is 4. The van der Waals surface area contributed by atoms with Gasteiger partial charge in [-0.2, -0.15) is 9.49 Å². The second-order valence-electron chi connectivity index (χ2n) is 6.87. The molecule has 1 aliphatic carbocycles. The van der Waals surface area contributed by atoms with Gasteiger partial charge in [-0.05, 0) is 36.1 Å². The molecule has 0 radical (unpaired) electrons. The Bertz CT molecular complexity index is 1190. The van der Waals surface area contributed by atoms with Crippen molar-refractivity contribution in [3.8, 4) is 17.0 Å². The van der Waals surface area contributed by atoms with Gasteiger partial charge in [0, 0.05) is 5.56 Å². The van der Waals surface area contributed by atoms with Crippen LogP contribution in [0.15, 0.2) is 42.7 Å². The van der Waals surface area contributed by atoms with Crippen molar-refractivity contribution in [3.63, 3.8) is 0 Å². The first-order valence-corrected chi connectivity index (χ1v) is 8.76. The first-order valence-electron chi connectivity index (χ1n) is 8.76. The number of aromatic hydroxyl groups is 1. The molecular weight excluding hydrogens is 364 g/mol. The summed E-state index contributed by atoms with van der Waals surface area (Å²) >= 11 is 0. The van der Waals surface area contributed by atoms with Crippen LogP contribution < -0.4 is 5.73 Å². The molecule has 4 aromatic rings. The predicted molar refractivity (Wildman–Crippen MR) is 99.6 cm³/mol. The summed E-state index contributed by atoms with van der Waals surface area (Å²) in [5, 5.41) is 14.8. The van der Waals surface area contributed by atoms with Crippen molar-refractivity contribution >= 4 is 16.9 Å². The van der Waals surface area contributed by atoms with Crippen LogP contribution >= 0.6 is 0 Å². The second kappa shape index (κ2) is 5.98. The number of nitrogen functional groups attached to an aromatic ring is 1. The number of benzene rings is 2. The lowest BCUT2D eigenvalue weighted by atomic mass is 10.1. The van der Waals surface area contributed by atoms with Crippen LogP contribution in [0.1, 0.15) is 17.2 Å². The lowest BCUT2D eigenvalue weighted by Crippen LogP contribution is -2.11. The van der Waals surface area contributed by atoms with Crippen LogP contribution in [-0.2, 0) is 12.8 Å². The molecule has 0 saturated carbocycles. The van der Waals surface area contributed by atoms with Gasteiger partial charge in [0.25, 0.3) is 0 Å². The molecule has 0 bridgehead atoms. The average molecular weight is 379 g/mol. The van der Waals surface area contributed by atoms with Gasteiger partial charge in [0.1, 0.15) is 17.8 Å². The molecule has 2 heterocycles. The fraction of sp³-hybridized carbons (Fsp3) is 0.150. The van der Waals surface area contributed by atoms with Crippen LogP contribution in [0.2, 0.25) is 0 Å². The molecule has 140 valence electrons. The topological polar surface area (TPSA) is 89.8 Å². The summed E-state index contributed by atoms with van der Waals surface area (Å²) in [5.41, 5.74) is 9.57. The molecule has 2 aromatic heterocycles. The molecular formula is C20H15F2N5O. The van der Waals surface area contributed by atoms with E-state index in [0.717, 1.165) is 25.0 Å². The molecule has 6 nitrogen and oxygen atoms in total. The second-order valence-corrected chi connectivity index (χ2v) is 6.87. The largest absolute Gasteiger partial charge is 0.505 e. The Kier molecular flexibility index (Phi) is 3.55. The molecule has 5 rings (SSSR count). The van der Waals surface area contributed by atoms with Crippen molar-refractivity contribution < 1.29 is 13.9 Å². The van der Waals surface area contributed by atoms with Gasteiger partial charge >= 0.3 is 0 Å². The molecule has 0 atom stereocenters. The molecule has 2 aromatic carbocycles. The molecule has 3 N–H and O–H groups in total. The van der Waals surface area contributed by atoms with Gasteiger partial charge in [-0.25, -0.2) is 19.0 Å². The van der Waals surface area contributed by atoms with Crippen LogP contribution in [0, 0.1) is 11.6 Å². The first-order chi connectivity index (χ1) is 13.5. The van der Waals surface area contributed by atoms with E-state index >= 15 is 0 Å². The number of halogens is 2. The SMILES string of the molecule is Nc1ncnc2c1c(-c1cc(O)c(F)c(F)c1)nn2C1Cc2ccccc2C1. The summed E-state index contributed by atoms with van der Waals surface area (Å²) in [6.07, 6.45) is 2.91. The number of phenolic OH excluding ortho intramolecular Hbond substituents is 1. The zero-order valence-electron chi connectivity index (χ0n) is 14.6. The third kappa shape index (κ3) is 2.41. The highest BCUT2D eigenvalue weighted by atomic mass is 19.2. The number of aromatic nitrogens is 4. The molecule has 0 fully saturated rings. The standard InChI is InChI=1S/C20H15F2N5O/c21-14-7-12(8-15(28)17(14)22)18-16-19(23)24-9-25-20(16)27(26-18)13-5-10-3-1-2-4-11(10)6-13/h1-4,7-9,13,28H,5-6H2,(H2,23,24,25). The minimum Gasteiger partial charge on any atom is -0.505 e. The van der Waals surface area contributed by atoms with Crippen molar-refractivity contribution in [1.82, 2.24) is 19.7 Å². The molecule has 0 unspecified atom stereocenters. The monoisotopic (exact) mass is 379 g/mol. The van der Waals surface area contributed by atoms with Crippen LogP contribution in [0.5, 0.6) is 5.75 Å². The molecule has 28 heavy (non-hydrogen) atoms. The molecule has 1 aliphatic rings. The van der Waals surface area contributed by atoms with Gasteiger partial charge < -0.3 is 10.8 Å². The van der Waals surface area contributed by atoms with E-state index in [1.54, 1.807) is 4.68 Å². The van der Waals surface area contributed by atoms with E-state index in [0.29, 0.717) is 16.7 Å². The van der Waals surface area contributed by atoms with E-state index in [2.05, 4.69) is 27.2 Å². The average Bonchev–Trinajstić information content (AvgIpc) is 3.27. The predicted octanol–water partition coefficient (Wildman–Crippen LogP) is 3.40. The molecule has 0 saturated heterocycles. The molecule has 0 amide bonds. The molecule has 0 spiro atoms. The number of nitrogens with two attached hydrogens (primary N) is 1. The van der Waals surface area contributed by atoms with Crippen LogP contribution in [0.25, 0.3) is 22.3 Å². The number of anilines is 1. The lowest BCUT2D eigenvalue weighted by Gasteiger charge is -2.10. The summed E-state index contributed by atoms with van der Waals surface area (Å²) in [5.74, 6) is -3.07. The normalized spacial score (nSPS) is 13.9. The Morgan fingerprint density at radius 2 is 1.79 bits per heavy atom. The molecule has 0 aliphatic heterocycles. The van der Waals surface area contributed by atoms with Crippen LogP contribution in [-0.4, -0.2) is 24.9 Å². The number of fused-ring (bicyclic) bond motifs is 2. The number of hydrogen-bond donors (Lipinski definition) is 2. The number of phenols is 1. The van der Waals surface area contributed by atoms with Crippen LogP contribution in [0.3, 0.4) is 0 Å². The highest BCUT2D eigenvalue weighted by Crippen LogP contribution is 2.37. The fourth-order valence-electron chi connectivity index (χ4n) is 3.87. The van der Waals surface area contributed by atoms with Gasteiger partial charge in [-0.1, -0.05) is 24.3 Å². The van der Waals surface area contributed by atoms with Gasteiger partial charge in [0.15, 0.2) is 23.0 Å². The van der Waals surface area contributed by atoms with E-state index in [4.69, 9.17) is 5.73 Å². The fourth-order valence-corrected chi connectivity index (χ4v) is 3.87. The third-order valence-corrected chi connectivity index (χ3v) is 5.18. The summed E-state index contributed by atoms with van der Waals surface area (Å²) in [7, 11) is 0. The Balaban J connectivity index is 1.70. The Labute approximate surface area is 158 Å². The maximum absolute atomic E-state index is 13.9. The number of rotatable bonds is 2. The maximum Gasteiger partial charge on any atom is 0.200 e. The van der Waals surface area contributed by atoms with Gasteiger partial charge in [0.2, 0.25) is 0 Å². The van der Waals surface area contributed by atoms with Crippen molar-refractivity contribution in [1.29, 1.82) is 0 Å². The van der Waals surface area contributed by atoms with E-state index in [1.807, 2.05) is 12.1 Å². The van der Waals surface area contributed by atoms with E-state index in [-0.39, 0.29) is 17.4 Å². The van der Waals surface area contributed by atoms with Crippen molar-refractivity contribution in [2.45, 2.75) is 18.9 Å². The van der Waals surface area contributed by atoms with E-state index in [1.165, 1.54) is 17.5 Å². The third-order valence-electron chi connectivity index (χ3n) is 5.18. The Morgan fingerprint density at radius 3 is 2.46 bits per heavy atom. The maximum atomic E-state index is 13.9. The zero-order chi connectivity index (χ0) is 19.4. The van der Waals surface area contributed by atoms with Crippen molar-refractivity contribution in [2.75, 3.05) is 5.73 Å². The minimum atomic E-state index is -1.30. The van der Waals surface area contributed by atoms with Crippen molar-refractivity contribution in [3.05, 3.63) is 65.5 Å². The summed E-state index contributed by atoms with van der Waals surface area (Å²) in [6.45, 7) is 0. The highest BCUT2D eigenvalue weighted by molar-refractivity contribution is 5.98. The summed E-state index contributed by atoms with van der Waals surface area (Å²) < 4.78 is 29.2. The number of hydrogen-bond acceptors (Lipinski definition) is 5. The van der Waals surface area contributed by atoms with Crippen molar-refractivity contribution in [2.24, 2.45) is 0 Å². The molecule has 8 heteroatoms. The lowest BCUT2D eigenvalue weighted by molar-refractivity contribution is 0.407. The highest BCUT2D eigenvalue weighted by Gasteiger charge is 2.28. The quantitative estimate of drug-likeness (QED) is 0.557. The Morgan fingerprint density at radius 1 is 1.07 bits per heavy atom. The van der Waals surface area contributed by atoms with Gasteiger partial charge in [0.05, 0.1) is 11.4 Å². The zero-order valence-corrected chi connectivity index (χ0v) is 14.6. The van der Waals surface area contributed by atoms with Gasteiger partial charge in [-0.15, -0.1) is 0 Å². The van der Waals surface area contributed by atoms with Gasteiger partial charge in [-0.3, -0.25) is 0 Å².